The fourth-order valence-electron chi connectivity index (χ4n) is 1.95. The predicted octanol–water partition coefficient (Wildman–Crippen LogP) is 1.30. The van der Waals surface area contributed by atoms with Gasteiger partial charge in [0.1, 0.15) is 0 Å². The largest absolute Gasteiger partial charge is 0.465 e. The van der Waals surface area contributed by atoms with Crippen molar-refractivity contribution < 1.29 is 15.3 Å². The Kier molecular flexibility index (Phi) is 7.73. The number of nitrogens with zero attached hydrogens (tertiary/aromatic N) is 1. The van der Waals surface area contributed by atoms with E-state index in [9.17, 15) is 4.79 Å². The smallest absolute Gasteiger partial charge is 0.364 e. The zero-order valence-corrected chi connectivity index (χ0v) is 13.2. The zero-order valence-electron chi connectivity index (χ0n) is 11.6. The van der Waals surface area contributed by atoms with Gasteiger partial charge in [-0.3, -0.25) is 0 Å². The maximum absolute atomic E-state index is 11.3. The summed E-state index contributed by atoms with van der Waals surface area (Å²) in [5.41, 5.74) is 5.93. The van der Waals surface area contributed by atoms with Crippen LogP contribution in [0.1, 0.15) is 5.56 Å². The maximum atomic E-state index is 11.3. The number of carbonyl (C=O) groups excluding carboxylic acids is 1. The SMILES string of the molecule is COC(=O)[C@@H]([NH3+])Cc1ccc(N(CCCl)CCCl)cc1. The molecule has 0 saturated carbocycles. The van der Waals surface area contributed by atoms with Gasteiger partial charge in [-0.05, 0) is 17.7 Å². The van der Waals surface area contributed by atoms with Crippen LogP contribution in [-0.2, 0) is 16.0 Å². The lowest BCUT2D eigenvalue weighted by Crippen LogP contribution is -2.66. The fraction of sp³-hybridized carbons (Fsp3) is 0.500. The van der Waals surface area contributed by atoms with E-state index >= 15 is 0 Å². The summed E-state index contributed by atoms with van der Waals surface area (Å²) in [6, 6.07) is 7.63. The first-order valence-corrected chi connectivity index (χ1v) is 7.56. The first-order chi connectivity index (χ1) is 9.62. The number of halogens is 2. The molecule has 0 amide bonds. The summed E-state index contributed by atoms with van der Waals surface area (Å²) < 4.78 is 4.67. The number of anilines is 1. The highest BCUT2D eigenvalue weighted by atomic mass is 35.5. The Morgan fingerprint density at radius 2 is 1.80 bits per heavy atom. The number of quaternary nitrogens is 1. The normalized spacial score (nSPS) is 12.0. The number of methoxy groups -OCH3 is 1. The number of hydrogen-bond acceptors (Lipinski definition) is 3. The Morgan fingerprint density at radius 3 is 2.25 bits per heavy atom. The molecule has 0 fully saturated rings. The molecule has 1 atom stereocenters. The van der Waals surface area contributed by atoms with Crippen LogP contribution in [0.15, 0.2) is 24.3 Å². The lowest BCUT2D eigenvalue weighted by Gasteiger charge is -2.23. The number of hydrogen-bond donors (Lipinski definition) is 1. The van der Waals surface area contributed by atoms with Crippen LogP contribution in [0, 0.1) is 0 Å². The van der Waals surface area contributed by atoms with Crippen molar-refractivity contribution in [1.29, 1.82) is 0 Å². The number of alkyl halides is 2. The quantitative estimate of drug-likeness (QED) is 0.580. The van der Waals surface area contributed by atoms with Crippen molar-refractivity contribution in [2.45, 2.75) is 12.5 Å². The second-order valence-corrected chi connectivity index (χ2v) is 5.21. The van der Waals surface area contributed by atoms with Crippen LogP contribution < -0.4 is 10.6 Å². The second-order valence-electron chi connectivity index (χ2n) is 4.46. The third-order valence-corrected chi connectivity index (χ3v) is 3.37. The maximum Gasteiger partial charge on any atom is 0.364 e. The van der Waals surface area contributed by atoms with Crippen molar-refractivity contribution in [3.8, 4) is 0 Å². The second kappa shape index (κ2) is 9.06. The van der Waals surface area contributed by atoms with Gasteiger partial charge in [-0.1, -0.05) is 12.1 Å². The first-order valence-electron chi connectivity index (χ1n) is 6.49. The standard InChI is InChI=1S/C14H20Cl2N2O2/c1-20-14(19)13(17)10-11-2-4-12(5-3-11)18(8-6-15)9-7-16/h2-5,13H,6-10,17H2,1H3/p+1/t13-/m0/s1. The Hall–Kier alpha value is -0.970. The highest BCUT2D eigenvalue weighted by Crippen LogP contribution is 2.16. The topological polar surface area (TPSA) is 57.2 Å². The van der Waals surface area contributed by atoms with Gasteiger partial charge in [-0.2, -0.15) is 0 Å². The molecule has 6 heteroatoms. The molecule has 0 aliphatic carbocycles. The third kappa shape index (κ3) is 5.19. The summed E-state index contributed by atoms with van der Waals surface area (Å²) in [6.45, 7) is 1.52. The molecule has 0 aromatic heterocycles. The van der Waals surface area contributed by atoms with Crippen LogP contribution in [0.2, 0.25) is 0 Å². The molecule has 1 aromatic rings. The van der Waals surface area contributed by atoms with Crippen LogP contribution >= 0.6 is 23.2 Å². The average Bonchev–Trinajstić information content (AvgIpc) is 2.47. The number of ether oxygens (including phenoxy) is 1. The molecular formula is C14H21Cl2N2O2+. The van der Waals surface area contributed by atoms with Gasteiger partial charge in [-0.25, -0.2) is 4.79 Å². The lowest BCUT2D eigenvalue weighted by molar-refractivity contribution is -0.407. The molecule has 0 radical (unpaired) electrons. The van der Waals surface area contributed by atoms with Crippen molar-refractivity contribution in [2.24, 2.45) is 0 Å². The van der Waals surface area contributed by atoms with Gasteiger partial charge in [0.05, 0.1) is 7.11 Å². The van der Waals surface area contributed by atoms with Crippen LogP contribution in [-0.4, -0.2) is 44.0 Å². The molecule has 0 bridgehead atoms. The minimum atomic E-state index is -0.382. The number of esters is 1. The third-order valence-electron chi connectivity index (χ3n) is 3.03. The van der Waals surface area contributed by atoms with E-state index < -0.39 is 0 Å². The number of rotatable bonds is 8. The number of carbonyl (C=O) groups is 1. The molecule has 1 aromatic carbocycles. The number of benzene rings is 1. The monoisotopic (exact) mass is 319 g/mol. The van der Waals surface area contributed by atoms with Gasteiger partial charge < -0.3 is 15.4 Å². The van der Waals surface area contributed by atoms with E-state index in [1.54, 1.807) is 0 Å². The van der Waals surface area contributed by atoms with Crippen LogP contribution in [0.5, 0.6) is 0 Å². The van der Waals surface area contributed by atoms with E-state index in [1.807, 2.05) is 24.3 Å². The highest BCUT2D eigenvalue weighted by Gasteiger charge is 2.18. The van der Waals surface area contributed by atoms with E-state index in [0.717, 1.165) is 24.3 Å². The summed E-state index contributed by atoms with van der Waals surface area (Å²) >= 11 is 11.6. The molecule has 0 saturated heterocycles. The van der Waals surface area contributed by atoms with Crippen LogP contribution in [0.3, 0.4) is 0 Å². The molecule has 0 heterocycles. The first kappa shape index (κ1) is 17.1. The minimum absolute atomic E-state index is 0.292. The summed E-state index contributed by atoms with van der Waals surface area (Å²) in [5.74, 6) is 0.823. The molecule has 20 heavy (non-hydrogen) atoms. The van der Waals surface area contributed by atoms with E-state index in [4.69, 9.17) is 23.2 Å². The molecule has 0 spiro atoms. The van der Waals surface area contributed by atoms with Gasteiger partial charge in [0, 0.05) is 37.0 Å². The summed E-state index contributed by atoms with van der Waals surface area (Å²) in [5, 5.41) is 0. The van der Waals surface area contributed by atoms with Gasteiger partial charge >= 0.3 is 5.97 Å². The van der Waals surface area contributed by atoms with Crippen LogP contribution in [0.4, 0.5) is 5.69 Å². The van der Waals surface area contributed by atoms with Gasteiger partial charge in [-0.15, -0.1) is 23.2 Å². The summed E-state index contributed by atoms with van der Waals surface area (Å²) in [6.07, 6.45) is 0.567. The molecule has 112 valence electrons. The van der Waals surface area contributed by atoms with Gasteiger partial charge in [0.25, 0.3) is 0 Å². The molecule has 4 nitrogen and oxygen atoms in total. The van der Waals surface area contributed by atoms with Crippen molar-refractivity contribution in [3.05, 3.63) is 29.8 Å². The molecule has 0 unspecified atom stereocenters. The van der Waals surface area contributed by atoms with E-state index in [2.05, 4.69) is 15.4 Å². The van der Waals surface area contributed by atoms with E-state index in [0.29, 0.717) is 18.2 Å². The summed E-state index contributed by atoms with van der Waals surface area (Å²) in [4.78, 5) is 13.5. The van der Waals surface area contributed by atoms with Crippen molar-refractivity contribution in [3.63, 3.8) is 0 Å². The van der Waals surface area contributed by atoms with Crippen molar-refractivity contribution >= 4 is 34.9 Å². The fourth-order valence-corrected chi connectivity index (χ4v) is 2.36. The van der Waals surface area contributed by atoms with Gasteiger partial charge in [0.15, 0.2) is 6.04 Å². The Bertz CT molecular complexity index is 406. The molecule has 0 aliphatic heterocycles. The average molecular weight is 320 g/mol. The molecule has 1 rings (SSSR count). The molecular weight excluding hydrogens is 299 g/mol. The predicted molar refractivity (Wildman–Crippen MR) is 82.5 cm³/mol. The minimum Gasteiger partial charge on any atom is -0.465 e. The summed E-state index contributed by atoms with van der Waals surface area (Å²) in [7, 11) is 1.37. The van der Waals surface area contributed by atoms with Crippen molar-refractivity contribution in [1.82, 2.24) is 0 Å². The molecule has 0 aliphatic rings. The molecule has 3 N–H and O–H groups in total. The Balaban J connectivity index is 2.69. The van der Waals surface area contributed by atoms with Crippen molar-refractivity contribution in [2.75, 3.05) is 36.9 Å². The lowest BCUT2D eigenvalue weighted by atomic mass is 10.1. The van der Waals surface area contributed by atoms with E-state index in [-0.39, 0.29) is 12.0 Å². The van der Waals surface area contributed by atoms with E-state index in [1.165, 1.54) is 7.11 Å². The zero-order chi connectivity index (χ0) is 15.0. The van der Waals surface area contributed by atoms with Gasteiger partial charge in [0.2, 0.25) is 0 Å². The van der Waals surface area contributed by atoms with Crippen LogP contribution in [0.25, 0.3) is 0 Å². The Labute approximate surface area is 129 Å². The highest BCUT2D eigenvalue weighted by molar-refractivity contribution is 6.18. The Morgan fingerprint density at radius 1 is 1.25 bits per heavy atom.